The summed E-state index contributed by atoms with van der Waals surface area (Å²) in [7, 11) is 0. The van der Waals surface area contributed by atoms with E-state index in [1.54, 1.807) is 18.2 Å². The van der Waals surface area contributed by atoms with Crippen molar-refractivity contribution in [1.29, 1.82) is 0 Å². The molecule has 3 aromatic rings. The molecule has 0 saturated heterocycles. The van der Waals surface area contributed by atoms with Gasteiger partial charge in [-0.3, -0.25) is 9.59 Å². The lowest BCUT2D eigenvalue weighted by molar-refractivity contribution is -0.115. The Kier molecular flexibility index (Phi) is 7.81. The number of nitrogens with one attached hydrogen (secondary N) is 1. The van der Waals surface area contributed by atoms with Crippen LogP contribution in [0.25, 0.3) is 0 Å². The summed E-state index contributed by atoms with van der Waals surface area (Å²) in [6, 6.07) is 13.1. The van der Waals surface area contributed by atoms with Gasteiger partial charge in [-0.25, -0.2) is 0 Å². The molecule has 0 unspecified atom stereocenters. The van der Waals surface area contributed by atoms with Crippen LogP contribution in [0.5, 0.6) is 0 Å². The predicted molar refractivity (Wildman–Crippen MR) is 128 cm³/mol. The predicted octanol–water partition coefficient (Wildman–Crippen LogP) is 5.00. The number of aromatic nitrogens is 3. The quantitative estimate of drug-likeness (QED) is 0.255. The van der Waals surface area contributed by atoms with Crippen LogP contribution in [0.15, 0.2) is 64.7 Å². The topological polar surface area (TPSA) is 76.9 Å². The first-order chi connectivity index (χ1) is 14.9. The van der Waals surface area contributed by atoms with E-state index in [9.17, 15) is 9.59 Å². The van der Waals surface area contributed by atoms with Gasteiger partial charge < -0.3 is 9.88 Å². The number of benzene rings is 2. The van der Waals surface area contributed by atoms with Gasteiger partial charge in [-0.15, -0.1) is 16.8 Å². The van der Waals surface area contributed by atoms with Crippen LogP contribution in [0.4, 0.5) is 5.69 Å². The number of halogens is 1. The summed E-state index contributed by atoms with van der Waals surface area (Å²) < 4.78 is 2.74. The fourth-order valence-corrected chi connectivity index (χ4v) is 4.14. The third-order valence-electron chi connectivity index (χ3n) is 4.58. The number of allylic oxidation sites excluding steroid dienone is 1. The van der Waals surface area contributed by atoms with Crippen LogP contribution in [0.1, 0.15) is 27.3 Å². The smallest absolute Gasteiger partial charge is 0.232 e. The Balaban J connectivity index is 1.67. The standard InChI is InChI=1S/C23H23BrN4O2S/c1-4-11-28-21(13-22(30)25-19-10-5-15(2)12-16(19)3)26-27-23(28)31-14-20(29)17-6-8-18(24)9-7-17/h4-10,12H,1,11,13-14H2,2-3H3,(H,25,30). The minimum atomic E-state index is -0.174. The highest BCUT2D eigenvalue weighted by molar-refractivity contribution is 9.10. The summed E-state index contributed by atoms with van der Waals surface area (Å²) in [6.45, 7) is 8.20. The Labute approximate surface area is 194 Å². The van der Waals surface area contributed by atoms with Crippen LogP contribution in [0, 0.1) is 13.8 Å². The number of anilines is 1. The number of carbonyl (C=O) groups excluding carboxylic acids is 2. The van der Waals surface area contributed by atoms with Crippen molar-refractivity contribution in [3.05, 3.63) is 82.1 Å². The van der Waals surface area contributed by atoms with Crippen molar-refractivity contribution in [2.45, 2.75) is 32.0 Å². The summed E-state index contributed by atoms with van der Waals surface area (Å²) in [5, 5.41) is 11.9. The number of nitrogens with zero attached hydrogens (tertiary/aromatic N) is 3. The number of rotatable bonds is 9. The number of aryl methyl sites for hydroxylation is 2. The van der Waals surface area contributed by atoms with E-state index in [4.69, 9.17) is 0 Å². The van der Waals surface area contributed by atoms with E-state index in [0.29, 0.717) is 23.1 Å². The molecule has 0 aliphatic heterocycles. The maximum absolute atomic E-state index is 12.6. The lowest BCUT2D eigenvalue weighted by Gasteiger charge is -2.10. The van der Waals surface area contributed by atoms with Gasteiger partial charge in [-0.2, -0.15) is 0 Å². The van der Waals surface area contributed by atoms with E-state index in [1.807, 2.05) is 48.7 Å². The van der Waals surface area contributed by atoms with E-state index in [1.165, 1.54) is 11.8 Å². The molecule has 2 aromatic carbocycles. The average Bonchev–Trinajstić information content (AvgIpc) is 3.10. The molecule has 31 heavy (non-hydrogen) atoms. The van der Waals surface area contributed by atoms with Crippen LogP contribution in [-0.2, 0) is 17.8 Å². The second kappa shape index (κ2) is 10.5. The summed E-state index contributed by atoms with van der Waals surface area (Å²) in [4.78, 5) is 25.0. The number of ketones is 1. The normalized spacial score (nSPS) is 10.7. The summed E-state index contributed by atoms with van der Waals surface area (Å²) >= 11 is 4.67. The van der Waals surface area contributed by atoms with Crippen molar-refractivity contribution in [3.63, 3.8) is 0 Å². The van der Waals surface area contributed by atoms with Crippen LogP contribution in [-0.4, -0.2) is 32.2 Å². The molecule has 0 radical (unpaired) electrons. The highest BCUT2D eigenvalue weighted by atomic mass is 79.9. The molecule has 3 rings (SSSR count). The SMILES string of the molecule is C=CCn1c(CC(=O)Nc2ccc(C)cc2C)nnc1SCC(=O)c1ccc(Br)cc1. The fraction of sp³-hybridized carbons (Fsp3) is 0.217. The molecule has 0 spiro atoms. The van der Waals surface area contributed by atoms with E-state index >= 15 is 0 Å². The molecule has 6 nitrogen and oxygen atoms in total. The van der Waals surface area contributed by atoms with Crippen LogP contribution in [0.2, 0.25) is 0 Å². The van der Waals surface area contributed by atoms with Gasteiger partial charge in [0.15, 0.2) is 10.9 Å². The average molecular weight is 499 g/mol. The van der Waals surface area contributed by atoms with Crippen LogP contribution < -0.4 is 5.32 Å². The molecular formula is C23H23BrN4O2S. The Hall–Kier alpha value is -2.71. The minimum absolute atomic E-state index is 0.000192. The Morgan fingerprint density at radius 3 is 2.58 bits per heavy atom. The molecule has 8 heteroatoms. The molecule has 1 heterocycles. The molecule has 1 amide bonds. The zero-order chi connectivity index (χ0) is 22.4. The monoisotopic (exact) mass is 498 g/mol. The lowest BCUT2D eigenvalue weighted by atomic mass is 10.1. The Morgan fingerprint density at radius 1 is 1.16 bits per heavy atom. The maximum atomic E-state index is 12.6. The van der Waals surface area contributed by atoms with Crippen molar-refractivity contribution < 1.29 is 9.59 Å². The molecule has 160 valence electrons. The number of amides is 1. The van der Waals surface area contributed by atoms with E-state index in [0.717, 1.165) is 21.3 Å². The van der Waals surface area contributed by atoms with Gasteiger partial charge in [0, 0.05) is 22.3 Å². The van der Waals surface area contributed by atoms with E-state index < -0.39 is 0 Å². The van der Waals surface area contributed by atoms with Gasteiger partial charge in [0.05, 0.1) is 12.2 Å². The van der Waals surface area contributed by atoms with E-state index in [-0.39, 0.29) is 23.9 Å². The first-order valence-corrected chi connectivity index (χ1v) is 11.5. The number of Topliss-reactive ketones (excluding diaryl/α,β-unsaturated/α-hetero) is 1. The van der Waals surface area contributed by atoms with Gasteiger partial charge in [-0.1, -0.05) is 63.6 Å². The summed E-state index contributed by atoms with van der Waals surface area (Å²) in [5.41, 5.74) is 3.56. The van der Waals surface area contributed by atoms with Crippen molar-refractivity contribution in [2.75, 3.05) is 11.1 Å². The highest BCUT2D eigenvalue weighted by Crippen LogP contribution is 2.21. The zero-order valence-corrected chi connectivity index (χ0v) is 19.8. The van der Waals surface area contributed by atoms with Crippen LogP contribution in [0.3, 0.4) is 0 Å². The fourth-order valence-electron chi connectivity index (χ4n) is 3.01. The molecule has 0 aliphatic carbocycles. The number of carbonyl (C=O) groups is 2. The van der Waals surface area contributed by atoms with Crippen LogP contribution >= 0.6 is 27.7 Å². The molecule has 0 atom stereocenters. The highest BCUT2D eigenvalue weighted by Gasteiger charge is 2.17. The third-order valence-corrected chi connectivity index (χ3v) is 6.07. The van der Waals surface area contributed by atoms with Crippen molar-refractivity contribution in [3.8, 4) is 0 Å². The summed E-state index contributed by atoms with van der Waals surface area (Å²) in [5.74, 6) is 0.582. The van der Waals surface area contributed by atoms with Gasteiger partial charge in [0.2, 0.25) is 5.91 Å². The molecule has 0 saturated carbocycles. The zero-order valence-electron chi connectivity index (χ0n) is 17.4. The second-order valence-electron chi connectivity index (χ2n) is 7.06. The molecular weight excluding hydrogens is 476 g/mol. The van der Waals surface area contributed by atoms with Gasteiger partial charge in [-0.05, 0) is 37.6 Å². The van der Waals surface area contributed by atoms with Gasteiger partial charge in [0.25, 0.3) is 0 Å². The Morgan fingerprint density at radius 2 is 1.90 bits per heavy atom. The first-order valence-electron chi connectivity index (χ1n) is 9.69. The lowest BCUT2D eigenvalue weighted by Crippen LogP contribution is -2.18. The van der Waals surface area contributed by atoms with E-state index in [2.05, 4.69) is 38.0 Å². The molecule has 0 bridgehead atoms. The van der Waals surface area contributed by atoms with Gasteiger partial charge in [0.1, 0.15) is 5.82 Å². The summed E-state index contributed by atoms with van der Waals surface area (Å²) in [6.07, 6.45) is 1.80. The number of hydrogen-bond donors (Lipinski definition) is 1. The molecule has 0 aliphatic rings. The van der Waals surface area contributed by atoms with Crippen molar-refractivity contribution >= 4 is 45.1 Å². The number of thioether (sulfide) groups is 1. The maximum Gasteiger partial charge on any atom is 0.232 e. The molecule has 0 fully saturated rings. The third kappa shape index (κ3) is 6.15. The minimum Gasteiger partial charge on any atom is -0.325 e. The van der Waals surface area contributed by atoms with Crippen molar-refractivity contribution in [1.82, 2.24) is 14.8 Å². The Bertz CT molecular complexity index is 1110. The first kappa shape index (κ1) is 23.0. The van der Waals surface area contributed by atoms with Gasteiger partial charge >= 0.3 is 0 Å². The molecule has 1 aromatic heterocycles. The second-order valence-corrected chi connectivity index (χ2v) is 8.92. The molecule has 1 N–H and O–H groups in total. The largest absolute Gasteiger partial charge is 0.325 e. The van der Waals surface area contributed by atoms with Crippen molar-refractivity contribution in [2.24, 2.45) is 0 Å². The number of hydrogen-bond acceptors (Lipinski definition) is 5.